The van der Waals surface area contributed by atoms with Gasteiger partial charge in [0, 0.05) is 0 Å². The molecule has 1 unspecified atom stereocenters. The van der Waals surface area contributed by atoms with Crippen LogP contribution < -0.4 is 5.32 Å². The number of anilines is 1. The number of furan rings is 1. The third kappa shape index (κ3) is 0.828. The maximum absolute atomic E-state index is 5.12. The summed E-state index contributed by atoms with van der Waals surface area (Å²) in [4.78, 5) is 4.13. The number of aliphatic imine (C=N–C) groups is 1. The molecule has 0 aromatic carbocycles. The van der Waals surface area contributed by atoms with Crippen molar-refractivity contribution >= 4 is 34.8 Å². The number of alkyl halides is 1. The van der Waals surface area contributed by atoms with Crippen molar-refractivity contribution in [1.82, 2.24) is 0 Å². The number of nitrogens with one attached hydrogen (secondary N) is 1. The molecular formula is C6H5IN2O. The van der Waals surface area contributed by atoms with E-state index in [-0.39, 0.29) is 4.05 Å². The first kappa shape index (κ1) is 6.21. The highest BCUT2D eigenvalue weighted by molar-refractivity contribution is 14.1. The van der Waals surface area contributed by atoms with E-state index < -0.39 is 0 Å². The zero-order valence-electron chi connectivity index (χ0n) is 5.04. The average Bonchev–Trinajstić information content (AvgIpc) is 2.36. The van der Waals surface area contributed by atoms with Gasteiger partial charge in [0.2, 0.25) is 5.88 Å². The summed E-state index contributed by atoms with van der Waals surface area (Å²) in [6.45, 7) is 0. The third-order valence-corrected chi connectivity index (χ3v) is 2.35. The average molecular weight is 248 g/mol. The number of hydrogen-bond donors (Lipinski definition) is 1. The minimum absolute atomic E-state index is 0.201. The predicted octanol–water partition coefficient (Wildman–Crippen LogP) is 2.17. The lowest BCUT2D eigenvalue weighted by Gasteiger charge is -2.09. The van der Waals surface area contributed by atoms with Gasteiger partial charge in [-0.05, 0) is 6.07 Å². The molecule has 0 spiro atoms. The van der Waals surface area contributed by atoms with Gasteiger partial charge in [-0.3, -0.25) is 4.99 Å². The van der Waals surface area contributed by atoms with Gasteiger partial charge in [-0.25, -0.2) is 0 Å². The van der Waals surface area contributed by atoms with Crippen LogP contribution in [0.4, 0.5) is 5.88 Å². The molecule has 0 amide bonds. The third-order valence-electron chi connectivity index (χ3n) is 1.35. The summed E-state index contributed by atoms with van der Waals surface area (Å²) < 4.78 is 5.32. The Kier molecular flexibility index (Phi) is 1.40. The fourth-order valence-electron chi connectivity index (χ4n) is 0.866. The molecule has 1 aliphatic heterocycles. The number of rotatable bonds is 0. The van der Waals surface area contributed by atoms with Crippen molar-refractivity contribution in [3.63, 3.8) is 0 Å². The fraction of sp³-hybridized carbons (Fsp3) is 0.167. The molecule has 1 N–H and O–H groups in total. The Hall–Kier alpha value is -0.520. The van der Waals surface area contributed by atoms with Crippen molar-refractivity contribution in [3.05, 3.63) is 17.9 Å². The maximum atomic E-state index is 5.12. The molecule has 1 aromatic rings. The second-order valence-corrected chi connectivity index (χ2v) is 3.14. The molecule has 0 saturated carbocycles. The van der Waals surface area contributed by atoms with Gasteiger partial charge in [0.1, 0.15) is 4.05 Å². The van der Waals surface area contributed by atoms with Gasteiger partial charge in [-0.2, -0.15) is 0 Å². The highest BCUT2D eigenvalue weighted by atomic mass is 127. The molecule has 4 heteroatoms. The Morgan fingerprint density at radius 3 is 3.40 bits per heavy atom. The van der Waals surface area contributed by atoms with Crippen molar-refractivity contribution in [2.45, 2.75) is 4.05 Å². The summed E-state index contributed by atoms with van der Waals surface area (Å²) in [6, 6.07) is 1.93. The van der Waals surface area contributed by atoms with E-state index in [2.05, 4.69) is 32.9 Å². The Morgan fingerprint density at radius 2 is 2.60 bits per heavy atom. The number of nitrogens with zero attached hydrogens (tertiary/aromatic N) is 1. The van der Waals surface area contributed by atoms with E-state index in [0.29, 0.717) is 0 Å². The van der Waals surface area contributed by atoms with Crippen LogP contribution >= 0.6 is 22.6 Å². The minimum atomic E-state index is 0.201. The lowest BCUT2D eigenvalue weighted by Crippen LogP contribution is -2.03. The molecule has 1 aromatic heterocycles. The Labute approximate surface area is 71.7 Å². The molecule has 0 fully saturated rings. The molecule has 2 heterocycles. The molecular weight excluding hydrogens is 243 g/mol. The summed E-state index contributed by atoms with van der Waals surface area (Å²) in [5.74, 6) is 0.814. The summed E-state index contributed by atoms with van der Waals surface area (Å²) in [5.41, 5.74) is 1.11. The zero-order chi connectivity index (χ0) is 6.97. The molecule has 10 heavy (non-hydrogen) atoms. The van der Waals surface area contributed by atoms with E-state index in [1.807, 2.05) is 6.07 Å². The van der Waals surface area contributed by atoms with Gasteiger partial charge in [0.25, 0.3) is 0 Å². The van der Waals surface area contributed by atoms with E-state index >= 15 is 0 Å². The normalized spacial score (nSPS) is 21.9. The smallest absolute Gasteiger partial charge is 0.203 e. The molecule has 0 bridgehead atoms. The van der Waals surface area contributed by atoms with Crippen LogP contribution in [0, 0.1) is 0 Å². The Morgan fingerprint density at radius 1 is 1.70 bits per heavy atom. The van der Waals surface area contributed by atoms with Gasteiger partial charge in [0.15, 0.2) is 0 Å². The first-order valence-corrected chi connectivity index (χ1v) is 4.12. The lowest BCUT2D eigenvalue weighted by molar-refractivity contribution is 0.583. The van der Waals surface area contributed by atoms with E-state index in [1.54, 1.807) is 12.6 Å². The first-order chi connectivity index (χ1) is 4.88. The van der Waals surface area contributed by atoms with Crippen molar-refractivity contribution < 1.29 is 4.42 Å². The Balaban J connectivity index is 2.48. The van der Waals surface area contributed by atoms with Crippen LogP contribution in [-0.2, 0) is 0 Å². The summed E-state index contributed by atoms with van der Waals surface area (Å²) >= 11 is 2.25. The second-order valence-electron chi connectivity index (χ2n) is 1.96. The lowest BCUT2D eigenvalue weighted by atomic mass is 10.3. The topological polar surface area (TPSA) is 37.5 Å². The van der Waals surface area contributed by atoms with Gasteiger partial charge in [0.05, 0.1) is 18.2 Å². The SMILES string of the molecule is IC1N=CNc2occc21. The zero-order valence-corrected chi connectivity index (χ0v) is 7.20. The highest BCUT2D eigenvalue weighted by Crippen LogP contribution is 2.33. The van der Waals surface area contributed by atoms with Gasteiger partial charge in [-0.15, -0.1) is 0 Å². The van der Waals surface area contributed by atoms with Gasteiger partial charge >= 0.3 is 0 Å². The number of fused-ring (bicyclic) bond motifs is 1. The summed E-state index contributed by atoms with van der Waals surface area (Å²) in [5, 5.41) is 2.91. The van der Waals surface area contributed by atoms with Crippen molar-refractivity contribution in [3.8, 4) is 0 Å². The molecule has 1 atom stereocenters. The number of hydrogen-bond acceptors (Lipinski definition) is 3. The number of halogens is 1. The molecule has 2 rings (SSSR count). The van der Waals surface area contributed by atoms with E-state index in [4.69, 9.17) is 4.42 Å². The quantitative estimate of drug-likeness (QED) is 0.434. The standard InChI is InChI=1S/C6H5IN2O/c7-5-4-1-2-10-6(4)9-3-8-5/h1-3,5H,(H,8,9). The van der Waals surface area contributed by atoms with Crippen molar-refractivity contribution in [2.24, 2.45) is 4.99 Å². The highest BCUT2D eigenvalue weighted by Gasteiger charge is 2.15. The molecule has 52 valence electrons. The predicted molar refractivity (Wildman–Crippen MR) is 47.6 cm³/mol. The minimum Gasteiger partial charge on any atom is -0.448 e. The molecule has 0 saturated heterocycles. The maximum Gasteiger partial charge on any atom is 0.203 e. The van der Waals surface area contributed by atoms with Crippen LogP contribution in [-0.4, -0.2) is 6.34 Å². The van der Waals surface area contributed by atoms with Crippen molar-refractivity contribution in [1.29, 1.82) is 0 Å². The molecule has 0 aliphatic carbocycles. The van der Waals surface area contributed by atoms with Crippen LogP contribution in [0.2, 0.25) is 0 Å². The fourth-order valence-corrected chi connectivity index (χ4v) is 1.52. The van der Waals surface area contributed by atoms with E-state index in [0.717, 1.165) is 11.4 Å². The van der Waals surface area contributed by atoms with Crippen molar-refractivity contribution in [2.75, 3.05) is 5.32 Å². The molecule has 3 nitrogen and oxygen atoms in total. The van der Waals surface area contributed by atoms with Gasteiger partial charge in [-0.1, -0.05) is 22.6 Å². The van der Waals surface area contributed by atoms with Crippen LogP contribution in [0.1, 0.15) is 9.61 Å². The van der Waals surface area contributed by atoms with Crippen LogP contribution in [0.25, 0.3) is 0 Å². The summed E-state index contributed by atoms with van der Waals surface area (Å²) in [7, 11) is 0. The van der Waals surface area contributed by atoms with E-state index in [1.165, 1.54) is 0 Å². The second kappa shape index (κ2) is 2.26. The monoisotopic (exact) mass is 248 g/mol. The summed E-state index contributed by atoms with van der Waals surface area (Å²) in [6.07, 6.45) is 3.32. The molecule has 1 aliphatic rings. The Bertz CT molecular complexity index is 268. The van der Waals surface area contributed by atoms with Gasteiger partial charge < -0.3 is 9.73 Å². The molecule has 0 radical (unpaired) electrons. The first-order valence-electron chi connectivity index (χ1n) is 2.87. The van der Waals surface area contributed by atoms with Crippen LogP contribution in [0.3, 0.4) is 0 Å². The van der Waals surface area contributed by atoms with Crippen LogP contribution in [0.15, 0.2) is 21.7 Å². The largest absolute Gasteiger partial charge is 0.448 e. The van der Waals surface area contributed by atoms with E-state index in [9.17, 15) is 0 Å². The van der Waals surface area contributed by atoms with Crippen LogP contribution in [0.5, 0.6) is 0 Å².